The number of ether oxygens (including phenoxy) is 1. The summed E-state index contributed by atoms with van der Waals surface area (Å²) in [6, 6.07) is 11.6. The lowest BCUT2D eigenvalue weighted by molar-refractivity contribution is -0.136. The summed E-state index contributed by atoms with van der Waals surface area (Å²) in [6.45, 7) is 2.12. The minimum Gasteiger partial charge on any atom is -0.496 e. The van der Waals surface area contributed by atoms with Gasteiger partial charge in [-0.25, -0.2) is 4.79 Å². The number of benzene rings is 2. The van der Waals surface area contributed by atoms with Crippen LogP contribution in [0.5, 0.6) is 5.75 Å². The number of carbonyl (C=O) groups is 4. The predicted octanol–water partition coefficient (Wildman–Crippen LogP) is 2.10. The molecule has 0 radical (unpaired) electrons. The van der Waals surface area contributed by atoms with E-state index in [1.165, 1.54) is 17.0 Å². The molecule has 1 atom stereocenters. The molecule has 0 aliphatic rings. The van der Waals surface area contributed by atoms with E-state index in [4.69, 9.17) is 27.2 Å². The third kappa shape index (κ3) is 9.61. The first kappa shape index (κ1) is 27.4. The molecule has 2 aromatic carbocycles. The van der Waals surface area contributed by atoms with E-state index in [9.17, 15) is 19.2 Å². The van der Waals surface area contributed by atoms with Gasteiger partial charge in [0.25, 0.3) is 0 Å². The number of carboxylic acid groups (broad SMARTS) is 1. The average molecular weight is 478 g/mol. The Morgan fingerprint density at radius 3 is 2.36 bits per heavy atom. The standard InChI is InChI=1S/C14H19ClN2O3.C9H9NO3/c1-9(14(19)17(2)8-13(16)18)6-10-7-11(15)4-5-12(10)20-3;11-6-10-5-7-1-3-8(4-2-7)9(12)13/h4-5,7,9H,6,8H2,1-3H3,(H2,16,18);1-4,6H,5H2,(H,10,11)(H,12,13). The van der Waals surface area contributed by atoms with E-state index < -0.39 is 11.9 Å². The molecule has 2 aromatic rings. The molecule has 0 aliphatic carbocycles. The summed E-state index contributed by atoms with van der Waals surface area (Å²) in [4.78, 5) is 44.7. The molecular weight excluding hydrogens is 450 g/mol. The van der Waals surface area contributed by atoms with Gasteiger partial charge in [0.05, 0.1) is 19.2 Å². The van der Waals surface area contributed by atoms with E-state index in [-0.39, 0.29) is 23.9 Å². The van der Waals surface area contributed by atoms with Crippen LogP contribution in [0.4, 0.5) is 0 Å². The van der Waals surface area contributed by atoms with Gasteiger partial charge in [-0.3, -0.25) is 14.4 Å². The van der Waals surface area contributed by atoms with Gasteiger partial charge in [-0.2, -0.15) is 0 Å². The first-order chi connectivity index (χ1) is 15.6. The first-order valence-corrected chi connectivity index (χ1v) is 10.3. The van der Waals surface area contributed by atoms with Crippen LogP contribution in [0.25, 0.3) is 0 Å². The van der Waals surface area contributed by atoms with Gasteiger partial charge in [-0.05, 0) is 47.9 Å². The van der Waals surface area contributed by atoms with Crippen molar-refractivity contribution in [2.24, 2.45) is 11.7 Å². The molecule has 4 N–H and O–H groups in total. The first-order valence-electron chi connectivity index (χ1n) is 9.94. The Labute approximate surface area is 197 Å². The van der Waals surface area contributed by atoms with E-state index in [2.05, 4.69) is 5.32 Å². The van der Waals surface area contributed by atoms with E-state index in [1.807, 2.05) is 0 Å². The Balaban J connectivity index is 0.000000361. The van der Waals surface area contributed by atoms with Crippen LogP contribution in [-0.2, 0) is 27.3 Å². The number of nitrogens with zero attached hydrogens (tertiary/aromatic N) is 1. The second-order valence-electron chi connectivity index (χ2n) is 7.22. The zero-order valence-electron chi connectivity index (χ0n) is 18.7. The highest BCUT2D eigenvalue weighted by Gasteiger charge is 2.20. The Morgan fingerprint density at radius 1 is 1.21 bits per heavy atom. The van der Waals surface area contributed by atoms with Crippen LogP contribution in [0.1, 0.15) is 28.4 Å². The fourth-order valence-corrected chi connectivity index (χ4v) is 3.13. The van der Waals surface area contributed by atoms with Crippen molar-refractivity contribution in [2.75, 3.05) is 20.7 Å². The van der Waals surface area contributed by atoms with Gasteiger partial charge in [0.2, 0.25) is 18.2 Å². The zero-order valence-corrected chi connectivity index (χ0v) is 19.5. The van der Waals surface area contributed by atoms with Gasteiger partial charge in [0.1, 0.15) is 5.75 Å². The second-order valence-corrected chi connectivity index (χ2v) is 7.66. The van der Waals surface area contributed by atoms with Crippen molar-refractivity contribution in [3.05, 3.63) is 64.2 Å². The van der Waals surface area contributed by atoms with Crippen LogP contribution in [0, 0.1) is 5.92 Å². The lowest BCUT2D eigenvalue weighted by Crippen LogP contribution is -2.38. The van der Waals surface area contributed by atoms with Crippen LogP contribution >= 0.6 is 11.6 Å². The molecule has 0 aromatic heterocycles. The number of methoxy groups -OCH3 is 1. The van der Waals surface area contributed by atoms with E-state index in [0.29, 0.717) is 30.1 Å². The number of halogens is 1. The lowest BCUT2D eigenvalue weighted by atomic mass is 9.99. The molecule has 0 spiro atoms. The van der Waals surface area contributed by atoms with Crippen molar-refractivity contribution in [3.63, 3.8) is 0 Å². The number of carbonyl (C=O) groups excluding carboxylic acids is 3. The van der Waals surface area contributed by atoms with Crippen LogP contribution in [0.2, 0.25) is 5.02 Å². The molecule has 178 valence electrons. The molecule has 3 amide bonds. The topological polar surface area (TPSA) is 139 Å². The van der Waals surface area contributed by atoms with Gasteiger partial charge >= 0.3 is 5.97 Å². The SMILES string of the molecule is COc1ccc(Cl)cc1CC(C)C(=O)N(C)CC(N)=O.O=CNCc1ccc(C(=O)O)cc1. The Hall–Kier alpha value is -3.59. The smallest absolute Gasteiger partial charge is 0.335 e. The molecule has 2 rings (SSSR count). The predicted molar refractivity (Wildman–Crippen MR) is 124 cm³/mol. The molecule has 1 unspecified atom stereocenters. The van der Waals surface area contributed by atoms with Gasteiger partial charge < -0.3 is 25.8 Å². The maximum absolute atomic E-state index is 12.1. The summed E-state index contributed by atoms with van der Waals surface area (Å²) in [5.41, 5.74) is 7.05. The van der Waals surface area contributed by atoms with E-state index in [1.54, 1.807) is 51.4 Å². The minimum absolute atomic E-state index is 0.0874. The highest BCUT2D eigenvalue weighted by atomic mass is 35.5. The van der Waals surface area contributed by atoms with Crippen molar-refractivity contribution in [2.45, 2.75) is 19.9 Å². The highest BCUT2D eigenvalue weighted by Crippen LogP contribution is 2.25. The molecular formula is C23H28ClN3O6. The number of hydrogen-bond acceptors (Lipinski definition) is 5. The number of primary amides is 1. The Bertz CT molecular complexity index is 965. The zero-order chi connectivity index (χ0) is 25.0. The maximum Gasteiger partial charge on any atom is 0.335 e. The number of amides is 3. The number of rotatable bonds is 10. The molecule has 0 heterocycles. The average Bonchev–Trinajstić information content (AvgIpc) is 2.77. The van der Waals surface area contributed by atoms with E-state index in [0.717, 1.165) is 11.1 Å². The number of nitrogens with one attached hydrogen (secondary N) is 1. The van der Waals surface area contributed by atoms with Gasteiger partial charge in [-0.1, -0.05) is 30.7 Å². The van der Waals surface area contributed by atoms with Crippen molar-refractivity contribution in [1.29, 1.82) is 0 Å². The fourth-order valence-electron chi connectivity index (χ4n) is 2.94. The van der Waals surface area contributed by atoms with Crippen molar-refractivity contribution < 1.29 is 29.0 Å². The summed E-state index contributed by atoms with van der Waals surface area (Å²) >= 11 is 5.96. The third-order valence-corrected chi connectivity index (χ3v) is 4.78. The Morgan fingerprint density at radius 2 is 1.85 bits per heavy atom. The molecule has 0 saturated carbocycles. The molecule has 0 aliphatic heterocycles. The third-order valence-electron chi connectivity index (χ3n) is 4.55. The number of nitrogens with two attached hydrogens (primary N) is 1. The monoisotopic (exact) mass is 477 g/mol. The van der Waals surface area contributed by atoms with Crippen molar-refractivity contribution >= 4 is 35.8 Å². The maximum atomic E-state index is 12.1. The summed E-state index contributed by atoms with van der Waals surface area (Å²) in [5.74, 6) is -1.24. The van der Waals surface area contributed by atoms with Crippen LogP contribution < -0.4 is 15.8 Å². The molecule has 10 heteroatoms. The number of likely N-dealkylation sites (N-methyl/N-ethyl adjacent to an activating group) is 1. The second kappa shape index (κ2) is 13.7. The molecule has 0 fully saturated rings. The molecule has 33 heavy (non-hydrogen) atoms. The number of aromatic carboxylic acids is 1. The van der Waals surface area contributed by atoms with Crippen LogP contribution in [0.3, 0.4) is 0 Å². The van der Waals surface area contributed by atoms with E-state index >= 15 is 0 Å². The normalized spacial score (nSPS) is 10.8. The van der Waals surface area contributed by atoms with Gasteiger partial charge in [0, 0.05) is 24.5 Å². The highest BCUT2D eigenvalue weighted by molar-refractivity contribution is 6.30. The summed E-state index contributed by atoms with van der Waals surface area (Å²) in [7, 11) is 3.12. The van der Waals surface area contributed by atoms with Crippen LogP contribution in [0.15, 0.2) is 42.5 Å². The number of hydrogen-bond donors (Lipinski definition) is 3. The Kier molecular flexibility index (Phi) is 11.4. The summed E-state index contributed by atoms with van der Waals surface area (Å²) < 4.78 is 5.25. The summed E-state index contributed by atoms with van der Waals surface area (Å²) in [5, 5.41) is 11.7. The molecule has 0 saturated heterocycles. The quantitative estimate of drug-likeness (QED) is 0.448. The van der Waals surface area contributed by atoms with Gasteiger partial charge in [-0.15, -0.1) is 0 Å². The van der Waals surface area contributed by atoms with Crippen molar-refractivity contribution in [1.82, 2.24) is 10.2 Å². The molecule has 9 nitrogen and oxygen atoms in total. The fraction of sp³-hybridized carbons (Fsp3) is 0.304. The molecule has 0 bridgehead atoms. The lowest BCUT2D eigenvalue weighted by Gasteiger charge is -2.20. The minimum atomic E-state index is -0.949. The largest absolute Gasteiger partial charge is 0.496 e. The van der Waals surface area contributed by atoms with Gasteiger partial charge in [0.15, 0.2) is 0 Å². The summed E-state index contributed by atoms with van der Waals surface area (Å²) in [6.07, 6.45) is 1.08. The van der Waals surface area contributed by atoms with Crippen molar-refractivity contribution in [3.8, 4) is 5.75 Å². The van der Waals surface area contributed by atoms with Crippen LogP contribution in [-0.4, -0.2) is 54.9 Å². The number of carboxylic acids is 1.